The van der Waals surface area contributed by atoms with Gasteiger partial charge < -0.3 is 9.88 Å². The monoisotopic (exact) mass is 427 g/mol. The number of aromatic amines is 1. The van der Waals surface area contributed by atoms with E-state index in [1.165, 1.54) is 0 Å². The van der Waals surface area contributed by atoms with Crippen LogP contribution in [0, 0.1) is 17.6 Å². The number of rotatable bonds is 7. The Morgan fingerprint density at radius 1 is 1.17 bits per heavy atom. The van der Waals surface area contributed by atoms with Crippen LogP contribution in [0.3, 0.4) is 0 Å². The van der Waals surface area contributed by atoms with E-state index in [2.05, 4.69) is 36.9 Å². The molecule has 8 nitrogen and oxygen atoms in total. The van der Waals surface area contributed by atoms with Gasteiger partial charge in [-0.3, -0.25) is 14.7 Å². The second-order valence-electron chi connectivity index (χ2n) is 8.30. The van der Waals surface area contributed by atoms with Gasteiger partial charge in [0.2, 0.25) is 0 Å². The predicted molar refractivity (Wildman–Crippen MR) is 119 cm³/mol. The van der Waals surface area contributed by atoms with Gasteiger partial charge in [0.1, 0.15) is 17.8 Å². The quantitative estimate of drug-likeness (QED) is 0.598. The Kier molecular flexibility index (Phi) is 5.99. The van der Waals surface area contributed by atoms with Crippen molar-refractivity contribution in [3.05, 3.63) is 42.4 Å². The molecule has 0 aromatic carbocycles. The molecule has 1 atom stereocenters. The number of fused-ring (bicyclic) bond motifs is 1. The van der Waals surface area contributed by atoms with Gasteiger partial charge in [-0.15, -0.1) is 0 Å². The molecule has 3 heterocycles. The number of hydrogen-bond donors (Lipinski definition) is 2. The van der Waals surface area contributed by atoms with Crippen LogP contribution in [-0.2, 0) is 16.1 Å². The fourth-order valence-corrected chi connectivity index (χ4v) is 6.09. The van der Waals surface area contributed by atoms with Crippen LogP contribution >= 0.6 is 0 Å². The molecule has 160 valence electrons. The van der Waals surface area contributed by atoms with Crippen LogP contribution in [0.2, 0.25) is 0 Å². The van der Waals surface area contributed by atoms with E-state index in [1.807, 2.05) is 19.2 Å². The molecule has 30 heavy (non-hydrogen) atoms. The number of hydrogen-bond acceptors (Lipinski definition) is 7. The Hall–Kier alpha value is -2.55. The van der Waals surface area contributed by atoms with Crippen LogP contribution < -0.4 is 4.90 Å². The van der Waals surface area contributed by atoms with Crippen molar-refractivity contribution < 1.29 is 4.21 Å². The minimum atomic E-state index is -2.61. The molecule has 0 bridgehead atoms. The van der Waals surface area contributed by atoms with Crippen molar-refractivity contribution in [2.45, 2.75) is 45.1 Å². The van der Waals surface area contributed by atoms with Crippen molar-refractivity contribution in [2.75, 3.05) is 23.5 Å². The normalized spacial score (nSPS) is 21.4. The Labute approximate surface area is 177 Å². The maximum absolute atomic E-state index is 12.8. The highest BCUT2D eigenvalue weighted by atomic mass is 32.2. The van der Waals surface area contributed by atoms with Crippen LogP contribution in [0.1, 0.15) is 37.1 Å². The summed E-state index contributed by atoms with van der Waals surface area (Å²) in [7, 11) is -0.514. The molecule has 1 unspecified atom stereocenters. The third kappa shape index (κ3) is 4.77. The Morgan fingerprint density at radius 3 is 2.70 bits per heavy atom. The summed E-state index contributed by atoms with van der Waals surface area (Å²) in [5.41, 5.74) is 2.53. The first-order valence-electron chi connectivity index (χ1n) is 10.4. The first kappa shape index (κ1) is 20.7. The van der Waals surface area contributed by atoms with Gasteiger partial charge in [0.15, 0.2) is 0 Å². The molecular weight excluding hydrogens is 398 g/mol. The highest BCUT2D eigenvalue weighted by Crippen LogP contribution is 2.32. The van der Waals surface area contributed by atoms with Crippen molar-refractivity contribution >= 4 is 26.6 Å². The van der Waals surface area contributed by atoms with E-state index in [-0.39, 0.29) is 0 Å². The van der Waals surface area contributed by atoms with E-state index >= 15 is 0 Å². The van der Waals surface area contributed by atoms with Gasteiger partial charge >= 0.3 is 0 Å². The molecule has 9 heteroatoms. The van der Waals surface area contributed by atoms with Gasteiger partial charge in [-0.1, -0.05) is 0 Å². The number of nitrogens with zero attached hydrogens (tertiary/aromatic N) is 5. The summed E-state index contributed by atoms with van der Waals surface area (Å²) < 4.78 is 21.2. The van der Waals surface area contributed by atoms with Gasteiger partial charge in [-0.05, 0) is 44.6 Å². The van der Waals surface area contributed by atoms with Crippen LogP contribution in [0.4, 0.5) is 5.82 Å². The predicted octanol–water partition coefficient (Wildman–Crippen LogP) is 3.34. The Morgan fingerprint density at radius 2 is 1.97 bits per heavy atom. The zero-order valence-electron chi connectivity index (χ0n) is 17.5. The minimum Gasteiger partial charge on any atom is -0.356 e. The lowest BCUT2D eigenvalue weighted by molar-refractivity contribution is 0.342. The van der Waals surface area contributed by atoms with Gasteiger partial charge in [-0.2, -0.15) is 0 Å². The van der Waals surface area contributed by atoms with E-state index in [9.17, 15) is 4.21 Å². The molecule has 1 aliphatic rings. The smallest absolute Gasteiger partial charge is 0.142 e. The maximum Gasteiger partial charge on any atom is 0.142 e. The van der Waals surface area contributed by atoms with E-state index in [1.54, 1.807) is 18.7 Å². The van der Waals surface area contributed by atoms with Gasteiger partial charge in [0, 0.05) is 59.3 Å². The van der Waals surface area contributed by atoms with Crippen LogP contribution in [0.25, 0.3) is 11.0 Å². The highest BCUT2D eigenvalue weighted by molar-refractivity contribution is 7.92. The summed E-state index contributed by atoms with van der Waals surface area (Å²) >= 11 is 0. The SMILES string of the molecule is Cc1cnc(CCS(=N)(=O)CC2CCC(N(C)c3ncnc4[nH]ccc34)CC2)cn1. The van der Waals surface area contributed by atoms with Gasteiger partial charge in [0.25, 0.3) is 0 Å². The van der Waals surface area contributed by atoms with E-state index in [0.717, 1.165) is 53.9 Å². The molecule has 1 fully saturated rings. The number of H-pyrrole nitrogens is 1. The second-order valence-corrected chi connectivity index (χ2v) is 10.7. The molecule has 0 aliphatic heterocycles. The molecule has 1 saturated carbocycles. The molecule has 0 spiro atoms. The zero-order valence-corrected chi connectivity index (χ0v) is 18.4. The number of anilines is 1. The van der Waals surface area contributed by atoms with Gasteiger partial charge in [0.05, 0.1) is 16.8 Å². The second kappa shape index (κ2) is 8.67. The lowest BCUT2D eigenvalue weighted by atomic mass is 9.86. The van der Waals surface area contributed by atoms with Crippen molar-refractivity contribution in [3.8, 4) is 0 Å². The number of aromatic nitrogens is 5. The highest BCUT2D eigenvalue weighted by Gasteiger charge is 2.27. The summed E-state index contributed by atoms with van der Waals surface area (Å²) in [4.78, 5) is 22.7. The van der Waals surface area contributed by atoms with E-state index < -0.39 is 9.73 Å². The van der Waals surface area contributed by atoms with Crippen LogP contribution in [-0.4, -0.2) is 53.7 Å². The molecule has 2 N–H and O–H groups in total. The molecule has 3 aromatic heterocycles. The minimum absolute atomic E-state index is 0.349. The molecule has 0 amide bonds. The largest absolute Gasteiger partial charge is 0.356 e. The van der Waals surface area contributed by atoms with E-state index in [0.29, 0.717) is 29.9 Å². The first-order valence-corrected chi connectivity index (χ1v) is 12.3. The van der Waals surface area contributed by atoms with Crippen LogP contribution in [0.15, 0.2) is 31.0 Å². The van der Waals surface area contributed by atoms with Crippen molar-refractivity contribution in [3.63, 3.8) is 0 Å². The molecule has 0 radical (unpaired) electrons. The Balaban J connectivity index is 1.30. The molecular formula is C21H29N7OS. The summed E-state index contributed by atoms with van der Waals surface area (Å²) in [6.45, 7) is 1.89. The molecule has 3 aromatic rings. The fraction of sp³-hybridized carbons (Fsp3) is 0.524. The van der Waals surface area contributed by atoms with Crippen LogP contribution in [0.5, 0.6) is 0 Å². The first-order chi connectivity index (χ1) is 14.4. The third-order valence-electron chi connectivity index (χ3n) is 6.06. The lowest BCUT2D eigenvalue weighted by Crippen LogP contribution is -2.37. The van der Waals surface area contributed by atoms with Crippen molar-refractivity contribution in [1.29, 1.82) is 4.78 Å². The van der Waals surface area contributed by atoms with Crippen molar-refractivity contribution in [2.24, 2.45) is 5.92 Å². The molecule has 1 aliphatic carbocycles. The lowest BCUT2D eigenvalue weighted by Gasteiger charge is -2.35. The number of nitrogens with one attached hydrogen (secondary N) is 2. The van der Waals surface area contributed by atoms with Gasteiger partial charge in [-0.25, -0.2) is 14.2 Å². The molecule has 0 saturated heterocycles. The zero-order chi connectivity index (χ0) is 21.1. The average Bonchev–Trinajstić information content (AvgIpc) is 3.22. The molecule has 4 rings (SSSR count). The third-order valence-corrected chi connectivity index (χ3v) is 7.93. The maximum atomic E-state index is 12.8. The van der Waals surface area contributed by atoms with Crippen molar-refractivity contribution in [1.82, 2.24) is 24.9 Å². The Bertz CT molecular complexity index is 1090. The summed E-state index contributed by atoms with van der Waals surface area (Å²) in [6.07, 6.45) is 11.5. The average molecular weight is 428 g/mol. The summed E-state index contributed by atoms with van der Waals surface area (Å²) in [5.74, 6) is 2.14. The summed E-state index contributed by atoms with van der Waals surface area (Å²) in [5, 5.41) is 1.04. The standard InChI is InChI=1S/C21H29N7OS/c1-15-11-25-17(12-24-15)8-10-30(22,29)13-16-3-5-18(6-4-16)28(2)21-19-7-9-23-20(19)26-14-27-21/h7,9,11-12,14,16,18,22H,3-6,8,10,13H2,1-2H3,(H,23,26,27). The number of aryl methyl sites for hydroxylation is 2. The topological polar surface area (TPSA) is 112 Å². The fourth-order valence-electron chi connectivity index (χ4n) is 4.29. The summed E-state index contributed by atoms with van der Waals surface area (Å²) in [6, 6.07) is 2.42. The van der Waals surface area contributed by atoms with E-state index in [4.69, 9.17) is 4.78 Å².